The first kappa shape index (κ1) is 11.6. The van der Waals surface area contributed by atoms with E-state index in [1.54, 1.807) is 30.6 Å². The summed E-state index contributed by atoms with van der Waals surface area (Å²) in [5, 5.41) is 11.6. The third-order valence-corrected chi connectivity index (χ3v) is 3.59. The van der Waals surface area contributed by atoms with E-state index in [4.69, 9.17) is 17.3 Å². The minimum atomic E-state index is 0.402. The SMILES string of the molecule is N#C/C(=C(/N)c1sccc1Cl)c1ccncc1. The Bertz CT molecular complexity index is 596. The second-order valence-electron chi connectivity index (χ2n) is 3.23. The van der Waals surface area contributed by atoms with Gasteiger partial charge >= 0.3 is 0 Å². The van der Waals surface area contributed by atoms with Crippen LogP contribution in [-0.4, -0.2) is 4.98 Å². The number of nitriles is 1. The van der Waals surface area contributed by atoms with Gasteiger partial charge in [0.2, 0.25) is 0 Å². The average Bonchev–Trinajstić information content (AvgIpc) is 2.77. The fourth-order valence-electron chi connectivity index (χ4n) is 1.40. The second-order valence-corrected chi connectivity index (χ2v) is 4.56. The van der Waals surface area contributed by atoms with E-state index >= 15 is 0 Å². The number of halogens is 1. The first-order valence-electron chi connectivity index (χ1n) is 4.77. The van der Waals surface area contributed by atoms with Gasteiger partial charge in [-0.05, 0) is 29.1 Å². The molecule has 5 heteroatoms. The van der Waals surface area contributed by atoms with Crippen LogP contribution >= 0.6 is 22.9 Å². The number of pyridine rings is 1. The molecule has 0 atom stereocenters. The molecule has 0 aromatic carbocycles. The molecule has 2 aromatic heterocycles. The standard InChI is InChI=1S/C12H8ClN3S/c13-10-3-6-17-12(10)11(15)9(7-14)8-1-4-16-5-2-8/h1-6H,15H2/b11-9-. The summed E-state index contributed by atoms with van der Waals surface area (Å²) in [7, 11) is 0. The Kier molecular flexibility index (Phi) is 3.43. The largest absolute Gasteiger partial charge is 0.396 e. The molecule has 2 aromatic rings. The van der Waals surface area contributed by atoms with Crippen molar-refractivity contribution in [2.24, 2.45) is 5.73 Å². The maximum absolute atomic E-state index is 9.19. The van der Waals surface area contributed by atoms with Crippen LogP contribution in [0.2, 0.25) is 5.02 Å². The van der Waals surface area contributed by atoms with Crippen molar-refractivity contribution in [1.82, 2.24) is 4.98 Å². The molecule has 0 saturated heterocycles. The molecule has 0 aliphatic heterocycles. The van der Waals surface area contributed by atoms with Crippen molar-refractivity contribution in [2.75, 3.05) is 0 Å². The van der Waals surface area contributed by atoms with E-state index in [0.29, 0.717) is 16.3 Å². The molecule has 0 radical (unpaired) electrons. The summed E-state index contributed by atoms with van der Waals surface area (Å²) in [6.07, 6.45) is 3.24. The summed E-state index contributed by atoms with van der Waals surface area (Å²) in [4.78, 5) is 4.63. The summed E-state index contributed by atoms with van der Waals surface area (Å²) < 4.78 is 0. The Hall–Kier alpha value is -1.83. The minimum absolute atomic E-state index is 0.402. The van der Waals surface area contributed by atoms with Gasteiger partial charge in [-0.2, -0.15) is 5.26 Å². The van der Waals surface area contributed by atoms with Crippen LogP contribution in [0.15, 0.2) is 36.0 Å². The Morgan fingerprint density at radius 1 is 1.35 bits per heavy atom. The maximum atomic E-state index is 9.19. The van der Waals surface area contributed by atoms with E-state index in [-0.39, 0.29) is 0 Å². The molecule has 2 rings (SSSR count). The quantitative estimate of drug-likeness (QED) is 0.845. The molecule has 0 aliphatic rings. The van der Waals surface area contributed by atoms with Crippen molar-refractivity contribution < 1.29 is 0 Å². The number of aromatic nitrogens is 1. The third-order valence-electron chi connectivity index (χ3n) is 2.21. The number of nitrogens with two attached hydrogens (primary N) is 1. The van der Waals surface area contributed by atoms with Crippen molar-refractivity contribution in [3.63, 3.8) is 0 Å². The van der Waals surface area contributed by atoms with E-state index < -0.39 is 0 Å². The van der Waals surface area contributed by atoms with Crippen LogP contribution in [0.25, 0.3) is 11.3 Å². The van der Waals surface area contributed by atoms with E-state index in [1.807, 2.05) is 5.38 Å². The Balaban J connectivity index is 2.57. The zero-order valence-electron chi connectivity index (χ0n) is 8.72. The molecule has 17 heavy (non-hydrogen) atoms. The smallest absolute Gasteiger partial charge is 0.102 e. The lowest BCUT2D eigenvalue weighted by molar-refractivity contribution is 1.32. The molecule has 0 amide bonds. The van der Waals surface area contributed by atoms with Gasteiger partial charge in [-0.3, -0.25) is 4.98 Å². The highest BCUT2D eigenvalue weighted by molar-refractivity contribution is 7.11. The van der Waals surface area contributed by atoms with Gasteiger partial charge in [-0.1, -0.05) is 11.6 Å². The molecule has 0 fully saturated rings. The summed E-state index contributed by atoms with van der Waals surface area (Å²) >= 11 is 7.41. The van der Waals surface area contributed by atoms with Gasteiger partial charge < -0.3 is 5.73 Å². The molecular formula is C12H8ClN3S. The average molecular weight is 262 g/mol. The fraction of sp³-hybridized carbons (Fsp3) is 0. The van der Waals surface area contributed by atoms with Crippen molar-refractivity contribution in [3.8, 4) is 6.07 Å². The van der Waals surface area contributed by atoms with E-state index in [0.717, 1.165) is 10.4 Å². The van der Waals surface area contributed by atoms with Crippen molar-refractivity contribution in [3.05, 3.63) is 51.4 Å². The molecule has 0 aliphatic carbocycles. The van der Waals surface area contributed by atoms with Gasteiger partial charge in [0.05, 0.1) is 21.2 Å². The topological polar surface area (TPSA) is 62.7 Å². The van der Waals surface area contributed by atoms with Crippen LogP contribution in [0, 0.1) is 11.3 Å². The van der Waals surface area contributed by atoms with E-state index in [9.17, 15) is 5.26 Å². The summed E-state index contributed by atoms with van der Waals surface area (Å²) in [5.41, 5.74) is 7.55. The van der Waals surface area contributed by atoms with Crippen LogP contribution in [0.1, 0.15) is 10.4 Å². The van der Waals surface area contributed by atoms with Gasteiger partial charge in [0.1, 0.15) is 6.07 Å². The lowest BCUT2D eigenvalue weighted by atomic mass is 10.1. The van der Waals surface area contributed by atoms with Crippen LogP contribution in [0.3, 0.4) is 0 Å². The molecule has 0 spiro atoms. The number of hydrogen-bond acceptors (Lipinski definition) is 4. The van der Waals surface area contributed by atoms with Crippen LogP contribution < -0.4 is 5.73 Å². The number of nitrogens with zero attached hydrogens (tertiary/aromatic N) is 2. The number of allylic oxidation sites excluding steroid dienone is 1. The van der Waals surface area contributed by atoms with Gasteiger partial charge in [-0.15, -0.1) is 11.3 Å². The fourth-order valence-corrected chi connectivity index (χ4v) is 2.52. The summed E-state index contributed by atoms with van der Waals surface area (Å²) in [6.45, 7) is 0. The maximum Gasteiger partial charge on any atom is 0.102 e. The molecule has 3 nitrogen and oxygen atoms in total. The number of rotatable bonds is 2. The molecule has 84 valence electrons. The minimum Gasteiger partial charge on any atom is -0.396 e. The Morgan fingerprint density at radius 3 is 2.59 bits per heavy atom. The molecule has 0 saturated carbocycles. The molecule has 0 unspecified atom stereocenters. The monoisotopic (exact) mass is 261 g/mol. The van der Waals surface area contributed by atoms with Crippen molar-refractivity contribution in [1.29, 1.82) is 5.26 Å². The zero-order chi connectivity index (χ0) is 12.3. The predicted octanol–water partition coefficient (Wildman–Crippen LogP) is 3.15. The van der Waals surface area contributed by atoms with Crippen LogP contribution in [0.5, 0.6) is 0 Å². The van der Waals surface area contributed by atoms with Crippen molar-refractivity contribution >= 4 is 34.2 Å². The Morgan fingerprint density at radius 2 is 2.06 bits per heavy atom. The zero-order valence-corrected chi connectivity index (χ0v) is 10.3. The molecule has 0 bridgehead atoms. The van der Waals surface area contributed by atoms with Gasteiger partial charge in [-0.25, -0.2) is 0 Å². The van der Waals surface area contributed by atoms with E-state index in [1.165, 1.54) is 11.3 Å². The third kappa shape index (κ3) is 2.31. The highest BCUT2D eigenvalue weighted by Crippen LogP contribution is 2.31. The summed E-state index contributed by atoms with van der Waals surface area (Å²) in [6, 6.07) is 7.35. The second kappa shape index (κ2) is 5.00. The van der Waals surface area contributed by atoms with Crippen LogP contribution in [-0.2, 0) is 0 Å². The molecule has 2 N–H and O–H groups in total. The lowest BCUT2D eigenvalue weighted by Crippen LogP contribution is -1.99. The van der Waals surface area contributed by atoms with Gasteiger partial charge in [0.25, 0.3) is 0 Å². The number of thiophene rings is 1. The first-order chi connectivity index (χ1) is 8.24. The Labute approximate surface area is 108 Å². The highest BCUT2D eigenvalue weighted by atomic mass is 35.5. The van der Waals surface area contributed by atoms with E-state index in [2.05, 4.69) is 11.1 Å². The first-order valence-corrected chi connectivity index (χ1v) is 6.03. The lowest BCUT2D eigenvalue weighted by Gasteiger charge is -2.04. The predicted molar refractivity (Wildman–Crippen MR) is 70.2 cm³/mol. The highest BCUT2D eigenvalue weighted by Gasteiger charge is 2.12. The van der Waals surface area contributed by atoms with Crippen molar-refractivity contribution in [2.45, 2.75) is 0 Å². The molecule has 2 heterocycles. The molecular weight excluding hydrogens is 254 g/mol. The summed E-state index contributed by atoms with van der Waals surface area (Å²) in [5.74, 6) is 0. The van der Waals surface area contributed by atoms with Crippen LogP contribution in [0.4, 0.5) is 0 Å². The number of hydrogen-bond donors (Lipinski definition) is 1. The van der Waals surface area contributed by atoms with Gasteiger partial charge in [0.15, 0.2) is 0 Å². The van der Waals surface area contributed by atoms with Gasteiger partial charge in [0, 0.05) is 12.4 Å². The normalized spacial score (nSPS) is 11.8.